The Kier molecular flexibility index (Phi) is 5.43. The number of benzene rings is 2. The number of hydrogen-bond acceptors (Lipinski definition) is 2. The zero-order valence-electron chi connectivity index (χ0n) is 14.0. The lowest BCUT2D eigenvalue weighted by molar-refractivity contribution is -0.119. The fraction of sp³-hybridized carbons (Fsp3) is 0.300. The van der Waals surface area contributed by atoms with Crippen LogP contribution in [0.5, 0.6) is 0 Å². The number of piperidine rings is 1. The Labute approximate surface area is 146 Å². The molecule has 2 aromatic carbocycles. The summed E-state index contributed by atoms with van der Waals surface area (Å²) in [4.78, 5) is 25.9. The average Bonchev–Trinajstić information content (AvgIpc) is 2.64. The minimum Gasteiger partial charge on any atom is -0.352 e. The molecule has 0 saturated carbocycles. The summed E-state index contributed by atoms with van der Waals surface area (Å²) < 4.78 is 12.9. The number of nitrogens with zero attached hydrogens (tertiary/aromatic N) is 1. The van der Waals surface area contributed by atoms with Gasteiger partial charge < -0.3 is 10.2 Å². The van der Waals surface area contributed by atoms with Gasteiger partial charge in [-0.05, 0) is 61.2 Å². The third-order valence-electron chi connectivity index (χ3n) is 4.38. The van der Waals surface area contributed by atoms with Crippen molar-refractivity contribution in [1.82, 2.24) is 5.32 Å². The lowest BCUT2D eigenvalue weighted by Gasteiger charge is -2.26. The van der Waals surface area contributed by atoms with E-state index < -0.39 is 0 Å². The highest BCUT2D eigenvalue weighted by Crippen LogP contribution is 2.21. The molecule has 0 spiro atoms. The normalized spacial score (nSPS) is 14.4. The molecule has 5 heteroatoms. The number of halogens is 1. The Balaban J connectivity index is 1.53. The topological polar surface area (TPSA) is 49.4 Å². The molecule has 1 fully saturated rings. The highest BCUT2D eigenvalue weighted by atomic mass is 19.1. The largest absolute Gasteiger partial charge is 0.352 e. The van der Waals surface area contributed by atoms with Crippen LogP contribution in [0.1, 0.15) is 35.2 Å². The third-order valence-corrected chi connectivity index (χ3v) is 4.38. The van der Waals surface area contributed by atoms with Gasteiger partial charge in [0, 0.05) is 30.8 Å². The quantitative estimate of drug-likeness (QED) is 0.908. The first kappa shape index (κ1) is 17.1. The van der Waals surface area contributed by atoms with E-state index in [2.05, 4.69) is 5.32 Å². The molecule has 0 atom stereocenters. The summed E-state index contributed by atoms with van der Waals surface area (Å²) in [5.41, 5.74) is 2.38. The highest BCUT2D eigenvalue weighted by Gasteiger charge is 2.19. The van der Waals surface area contributed by atoms with Crippen LogP contribution >= 0.6 is 0 Å². The van der Waals surface area contributed by atoms with Gasteiger partial charge in [0.25, 0.3) is 5.91 Å². The lowest BCUT2D eigenvalue weighted by Crippen LogP contribution is -2.35. The SMILES string of the molecule is O=C(NCCc1ccc(F)cc1)c1ccc(N2CCCCC2=O)cc1. The molecule has 0 unspecified atom stereocenters. The van der Waals surface area contributed by atoms with Crippen molar-refractivity contribution in [2.24, 2.45) is 0 Å². The molecule has 1 N–H and O–H groups in total. The molecule has 2 aromatic rings. The Morgan fingerprint density at radius 3 is 2.44 bits per heavy atom. The Bertz CT molecular complexity index is 741. The molecule has 1 aliphatic rings. The molecule has 1 saturated heterocycles. The van der Waals surface area contributed by atoms with Crippen LogP contribution in [0.4, 0.5) is 10.1 Å². The van der Waals surface area contributed by atoms with Gasteiger partial charge in [-0.15, -0.1) is 0 Å². The maximum absolute atomic E-state index is 12.9. The first-order valence-electron chi connectivity index (χ1n) is 8.56. The molecule has 1 aliphatic heterocycles. The molecule has 1 heterocycles. The van der Waals surface area contributed by atoms with Gasteiger partial charge in [0.1, 0.15) is 5.82 Å². The van der Waals surface area contributed by atoms with E-state index in [1.165, 1.54) is 12.1 Å². The van der Waals surface area contributed by atoms with E-state index >= 15 is 0 Å². The van der Waals surface area contributed by atoms with Crippen molar-refractivity contribution in [2.45, 2.75) is 25.7 Å². The number of carbonyl (C=O) groups is 2. The van der Waals surface area contributed by atoms with Crippen molar-refractivity contribution in [3.8, 4) is 0 Å². The van der Waals surface area contributed by atoms with E-state index in [1.54, 1.807) is 29.2 Å². The van der Waals surface area contributed by atoms with E-state index in [-0.39, 0.29) is 17.6 Å². The minimum atomic E-state index is -0.264. The van der Waals surface area contributed by atoms with Crippen molar-refractivity contribution >= 4 is 17.5 Å². The van der Waals surface area contributed by atoms with E-state index in [4.69, 9.17) is 0 Å². The van der Waals surface area contributed by atoms with Crippen LogP contribution in [0.2, 0.25) is 0 Å². The van der Waals surface area contributed by atoms with E-state index in [9.17, 15) is 14.0 Å². The molecule has 4 nitrogen and oxygen atoms in total. The van der Waals surface area contributed by atoms with Crippen molar-refractivity contribution in [1.29, 1.82) is 0 Å². The number of carbonyl (C=O) groups excluding carboxylic acids is 2. The molecule has 3 rings (SSSR count). The van der Waals surface area contributed by atoms with Crippen molar-refractivity contribution in [2.75, 3.05) is 18.0 Å². The van der Waals surface area contributed by atoms with Crippen LogP contribution in [0.3, 0.4) is 0 Å². The molecule has 25 heavy (non-hydrogen) atoms. The van der Waals surface area contributed by atoms with Crippen LogP contribution in [0, 0.1) is 5.82 Å². The summed E-state index contributed by atoms with van der Waals surface area (Å²) in [6, 6.07) is 13.4. The van der Waals surface area contributed by atoms with Crippen LogP contribution in [0.15, 0.2) is 48.5 Å². The Morgan fingerprint density at radius 2 is 1.76 bits per heavy atom. The maximum atomic E-state index is 12.9. The van der Waals surface area contributed by atoms with Gasteiger partial charge in [-0.3, -0.25) is 9.59 Å². The van der Waals surface area contributed by atoms with Gasteiger partial charge >= 0.3 is 0 Å². The highest BCUT2D eigenvalue weighted by molar-refractivity contribution is 5.96. The Hall–Kier alpha value is -2.69. The second-order valence-corrected chi connectivity index (χ2v) is 6.18. The summed E-state index contributed by atoms with van der Waals surface area (Å²) in [5.74, 6) is -0.276. The van der Waals surface area contributed by atoms with Crippen molar-refractivity contribution in [3.63, 3.8) is 0 Å². The van der Waals surface area contributed by atoms with E-state index in [0.29, 0.717) is 24.9 Å². The molecule has 0 bridgehead atoms. The number of anilines is 1. The predicted molar refractivity (Wildman–Crippen MR) is 95.1 cm³/mol. The van der Waals surface area contributed by atoms with Gasteiger partial charge in [0.15, 0.2) is 0 Å². The summed E-state index contributed by atoms with van der Waals surface area (Å²) in [5, 5.41) is 2.86. The molecule has 0 aliphatic carbocycles. The maximum Gasteiger partial charge on any atom is 0.251 e. The van der Waals surface area contributed by atoms with Crippen LogP contribution in [0.25, 0.3) is 0 Å². The fourth-order valence-electron chi connectivity index (χ4n) is 2.95. The number of amides is 2. The second kappa shape index (κ2) is 7.92. The van der Waals surface area contributed by atoms with E-state index in [0.717, 1.165) is 30.6 Å². The predicted octanol–water partition coefficient (Wildman–Crippen LogP) is 3.32. The van der Waals surface area contributed by atoms with Gasteiger partial charge in [-0.1, -0.05) is 12.1 Å². The smallest absolute Gasteiger partial charge is 0.251 e. The summed E-state index contributed by atoms with van der Waals surface area (Å²) >= 11 is 0. The standard InChI is InChI=1S/C20H21FN2O2/c21-17-8-4-15(5-9-17)12-13-22-20(25)16-6-10-18(11-7-16)23-14-2-1-3-19(23)24/h4-11H,1-3,12-14H2,(H,22,25). The molecule has 0 aromatic heterocycles. The van der Waals surface area contributed by atoms with Crippen LogP contribution in [-0.4, -0.2) is 24.9 Å². The first-order valence-corrected chi connectivity index (χ1v) is 8.56. The molecule has 0 radical (unpaired) electrons. The van der Waals surface area contributed by atoms with Gasteiger partial charge in [-0.2, -0.15) is 0 Å². The number of nitrogens with one attached hydrogen (secondary N) is 1. The summed E-state index contributed by atoms with van der Waals surface area (Å²) in [6.45, 7) is 1.22. The summed E-state index contributed by atoms with van der Waals surface area (Å²) in [7, 11) is 0. The van der Waals surface area contributed by atoms with Gasteiger partial charge in [0.05, 0.1) is 0 Å². The van der Waals surface area contributed by atoms with E-state index in [1.807, 2.05) is 12.1 Å². The molecular weight excluding hydrogens is 319 g/mol. The van der Waals surface area contributed by atoms with Crippen LogP contribution in [-0.2, 0) is 11.2 Å². The van der Waals surface area contributed by atoms with Crippen molar-refractivity contribution < 1.29 is 14.0 Å². The summed E-state index contributed by atoms with van der Waals surface area (Å²) in [6.07, 6.45) is 3.19. The Morgan fingerprint density at radius 1 is 1.04 bits per heavy atom. The van der Waals surface area contributed by atoms with Gasteiger partial charge in [0.2, 0.25) is 5.91 Å². The molecule has 130 valence electrons. The number of rotatable bonds is 5. The zero-order chi connectivity index (χ0) is 17.6. The number of hydrogen-bond donors (Lipinski definition) is 1. The lowest BCUT2D eigenvalue weighted by atomic mass is 10.1. The molecule has 2 amide bonds. The van der Waals surface area contributed by atoms with Crippen LogP contribution < -0.4 is 10.2 Å². The van der Waals surface area contributed by atoms with Crippen molar-refractivity contribution in [3.05, 3.63) is 65.5 Å². The average molecular weight is 340 g/mol. The van der Waals surface area contributed by atoms with Gasteiger partial charge in [-0.25, -0.2) is 4.39 Å². The third kappa shape index (κ3) is 4.44. The minimum absolute atomic E-state index is 0.141. The molecular formula is C20H21FN2O2. The fourth-order valence-corrected chi connectivity index (χ4v) is 2.95. The first-order chi connectivity index (χ1) is 12.1. The monoisotopic (exact) mass is 340 g/mol. The zero-order valence-corrected chi connectivity index (χ0v) is 14.0. The second-order valence-electron chi connectivity index (χ2n) is 6.18.